The lowest BCUT2D eigenvalue weighted by atomic mass is 9.81. The largest absolute Gasteiger partial charge is 0.376 e. The molecule has 0 amide bonds. The molecular weight excluding hydrogens is 224 g/mol. The number of morpholine rings is 1. The molecule has 1 heterocycles. The topological polar surface area (TPSA) is 24.5 Å². The van der Waals surface area contributed by atoms with Crippen LogP contribution in [0.3, 0.4) is 0 Å². The molecule has 0 aromatic carbocycles. The van der Waals surface area contributed by atoms with E-state index in [0.29, 0.717) is 24.2 Å². The number of hydrogen-bond acceptors (Lipinski definition) is 3. The van der Waals surface area contributed by atoms with Crippen LogP contribution in [-0.4, -0.2) is 48.8 Å². The third-order valence-corrected chi connectivity index (χ3v) is 4.63. The van der Waals surface area contributed by atoms with Crippen molar-refractivity contribution in [2.45, 2.75) is 71.2 Å². The van der Waals surface area contributed by atoms with Gasteiger partial charge in [0.1, 0.15) is 0 Å². The fourth-order valence-corrected chi connectivity index (χ4v) is 3.61. The first-order chi connectivity index (χ1) is 8.61. The Morgan fingerprint density at radius 1 is 1.22 bits per heavy atom. The van der Waals surface area contributed by atoms with E-state index < -0.39 is 0 Å². The lowest BCUT2D eigenvalue weighted by Gasteiger charge is -2.48. The highest BCUT2D eigenvalue weighted by Crippen LogP contribution is 2.30. The second kappa shape index (κ2) is 6.36. The van der Waals surface area contributed by atoms with Crippen molar-refractivity contribution in [3.63, 3.8) is 0 Å². The van der Waals surface area contributed by atoms with Gasteiger partial charge in [0.2, 0.25) is 0 Å². The second-order valence-electron chi connectivity index (χ2n) is 6.34. The zero-order chi connectivity index (χ0) is 13.1. The van der Waals surface area contributed by atoms with Crippen LogP contribution in [0.15, 0.2) is 0 Å². The number of nitrogens with zero attached hydrogens (tertiary/aromatic N) is 1. The summed E-state index contributed by atoms with van der Waals surface area (Å²) in [5, 5.41) is 3.71. The molecule has 1 aliphatic carbocycles. The van der Waals surface area contributed by atoms with Crippen LogP contribution in [0.1, 0.15) is 47.0 Å². The van der Waals surface area contributed by atoms with E-state index in [-0.39, 0.29) is 0 Å². The molecule has 0 radical (unpaired) electrons. The van der Waals surface area contributed by atoms with Crippen molar-refractivity contribution >= 4 is 0 Å². The highest BCUT2D eigenvalue weighted by molar-refractivity contribution is 4.93. The molecule has 18 heavy (non-hydrogen) atoms. The van der Waals surface area contributed by atoms with Gasteiger partial charge in [-0.1, -0.05) is 13.8 Å². The fraction of sp³-hybridized carbons (Fsp3) is 1.00. The van der Waals surface area contributed by atoms with Gasteiger partial charge in [-0.2, -0.15) is 0 Å². The van der Waals surface area contributed by atoms with Crippen LogP contribution >= 0.6 is 0 Å². The number of likely N-dealkylation sites (N-methyl/N-ethyl adjacent to an activating group) is 1. The monoisotopic (exact) mass is 254 g/mol. The lowest BCUT2D eigenvalue weighted by Crippen LogP contribution is -2.60. The van der Waals surface area contributed by atoms with Crippen molar-refractivity contribution in [2.75, 3.05) is 19.7 Å². The van der Waals surface area contributed by atoms with Gasteiger partial charge < -0.3 is 10.1 Å². The molecule has 2 aliphatic rings. The molecule has 3 nitrogen and oxygen atoms in total. The van der Waals surface area contributed by atoms with Gasteiger partial charge in [-0.25, -0.2) is 0 Å². The molecule has 2 rings (SSSR count). The fourth-order valence-electron chi connectivity index (χ4n) is 3.61. The Labute approximate surface area is 112 Å². The van der Waals surface area contributed by atoms with Crippen molar-refractivity contribution in [3.05, 3.63) is 0 Å². The van der Waals surface area contributed by atoms with Crippen LogP contribution in [0.25, 0.3) is 0 Å². The Balaban J connectivity index is 2.05. The number of ether oxygens (including phenoxy) is 1. The first-order valence-corrected chi connectivity index (χ1v) is 7.72. The molecule has 0 bridgehead atoms. The summed E-state index contributed by atoms with van der Waals surface area (Å²) in [5.74, 6) is 0.871. The van der Waals surface area contributed by atoms with Crippen molar-refractivity contribution < 1.29 is 4.74 Å². The SMILES string of the molecule is CCNC1CCC(C)CC1N1CC(C)OCC1C. The van der Waals surface area contributed by atoms with Crippen molar-refractivity contribution in [2.24, 2.45) is 5.92 Å². The van der Waals surface area contributed by atoms with Gasteiger partial charge >= 0.3 is 0 Å². The van der Waals surface area contributed by atoms with Gasteiger partial charge in [-0.15, -0.1) is 0 Å². The van der Waals surface area contributed by atoms with E-state index in [1.165, 1.54) is 19.3 Å². The Hall–Kier alpha value is -0.120. The minimum Gasteiger partial charge on any atom is -0.376 e. The summed E-state index contributed by atoms with van der Waals surface area (Å²) in [5.41, 5.74) is 0. The van der Waals surface area contributed by atoms with E-state index >= 15 is 0 Å². The van der Waals surface area contributed by atoms with E-state index in [2.05, 4.69) is 37.9 Å². The van der Waals surface area contributed by atoms with Crippen LogP contribution in [0.4, 0.5) is 0 Å². The molecule has 2 fully saturated rings. The van der Waals surface area contributed by atoms with Gasteiger partial charge in [0.25, 0.3) is 0 Å². The minimum atomic E-state index is 0.390. The molecule has 5 unspecified atom stereocenters. The average molecular weight is 254 g/mol. The molecule has 0 aromatic heterocycles. The Bertz CT molecular complexity index is 259. The lowest BCUT2D eigenvalue weighted by molar-refractivity contribution is -0.0792. The predicted molar refractivity (Wildman–Crippen MR) is 75.8 cm³/mol. The molecule has 5 atom stereocenters. The third kappa shape index (κ3) is 3.25. The Morgan fingerprint density at radius 3 is 2.72 bits per heavy atom. The van der Waals surface area contributed by atoms with Gasteiger partial charge in [0.15, 0.2) is 0 Å². The summed E-state index contributed by atoms with van der Waals surface area (Å²) in [6, 6.07) is 1.95. The first kappa shape index (κ1) is 14.3. The summed E-state index contributed by atoms with van der Waals surface area (Å²) >= 11 is 0. The molecule has 0 aromatic rings. The molecule has 1 saturated heterocycles. The highest BCUT2D eigenvalue weighted by atomic mass is 16.5. The summed E-state index contributed by atoms with van der Waals surface area (Å²) < 4.78 is 5.77. The number of hydrogen-bond donors (Lipinski definition) is 1. The molecular formula is C15H30N2O. The Morgan fingerprint density at radius 2 is 2.00 bits per heavy atom. The van der Waals surface area contributed by atoms with E-state index in [0.717, 1.165) is 25.6 Å². The summed E-state index contributed by atoms with van der Waals surface area (Å²) in [6.07, 6.45) is 4.44. The maximum absolute atomic E-state index is 5.77. The highest BCUT2D eigenvalue weighted by Gasteiger charge is 2.37. The maximum Gasteiger partial charge on any atom is 0.0674 e. The van der Waals surface area contributed by atoms with Gasteiger partial charge in [-0.3, -0.25) is 4.90 Å². The van der Waals surface area contributed by atoms with E-state index in [4.69, 9.17) is 4.74 Å². The molecule has 3 heteroatoms. The van der Waals surface area contributed by atoms with Gasteiger partial charge in [0, 0.05) is 24.7 Å². The molecule has 1 N–H and O–H groups in total. The van der Waals surface area contributed by atoms with E-state index in [1.807, 2.05) is 0 Å². The smallest absolute Gasteiger partial charge is 0.0674 e. The summed E-state index contributed by atoms with van der Waals surface area (Å²) in [6.45, 7) is 12.2. The second-order valence-corrected chi connectivity index (χ2v) is 6.34. The van der Waals surface area contributed by atoms with Crippen LogP contribution in [-0.2, 0) is 4.74 Å². The molecule has 1 aliphatic heterocycles. The zero-order valence-corrected chi connectivity index (χ0v) is 12.5. The average Bonchev–Trinajstić information content (AvgIpc) is 2.35. The van der Waals surface area contributed by atoms with Crippen molar-refractivity contribution in [1.82, 2.24) is 10.2 Å². The van der Waals surface area contributed by atoms with Crippen LogP contribution in [0, 0.1) is 5.92 Å². The standard InChI is InChI=1S/C15H30N2O/c1-5-16-14-7-6-11(2)8-15(14)17-9-13(4)18-10-12(17)3/h11-16H,5-10H2,1-4H3. The van der Waals surface area contributed by atoms with E-state index in [1.54, 1.807) is 0 Å². The number of nitrogens with one attached hydrogen (secondary N) is 1. The van der Waals surface area contributed by atoms with Crippen LogP contribution < -0.4 is 5.32 Å². The number of rotatable bonds is 3. The molecule has 1 saturated carbocycles. The van der Waals surface area contributed by atoms with Crippen molar-refractivity contribution in [1.29, 1.82) is 0 Å². The van der Waals surface area contributed by atoms with Gasteiger partial charge in [0.05, 0.1) is 12.7 Å². The summed E-state index contributed by atoms with van der Waals surface area (Å²) in [4.78, 5) is 2.71. The predicted octanol–water partition coefficient (Wildman–Crippen LogP) is 2.26. The normalized spacial score (nSPS) is 43.0. The van der Waals surface area contributed by atoms with E-state index in [9.17, 15) is 0 Å². The van der Waals surface area contributed by atoms with Gasteiger partial charge in [-0.05, 0) is 45.6 Å². The minimum absolute atomic E-state index is 0.390. The van der Waals surface area contributed by atoms with Crippen LogP contribution in [0.2, 0.25) is 0 Å². The molecule has 106 valence electrons. The first-order valence-electron chi connectivity index (χ1n) is 7.72. The van der Waals surface area contributed by atoms with Crippen LogP contribution in [0.5, 0.6) is 0 Å². The summed E-state index contributed by atoms with van der Waals surface area (Å²) in [7, 11) is 0. The quantitative estimate of drug-likeness (QED) is 0.836. The third-order valence-electron chi connectivity index (χ3n) is 4.63. The Kier molecular flexibility index (Phi) is 5.05. The maximum atomic E-state index is 5.77. The van der Waals surface area contributed by atoms with Crippen molar-refractivity contribution in [3.8, 4) is 0 Å². The molecule has 0 spiro atoms. The zero-order valence-electron chi connectivity index (χ0n) is 12.5.